The zero-order valence-corrected chi connectivity index (χ0v) is 20.4. The van der Waals surface area contributed by atoms with Crippen molar-refractivity contribution in [3.8, 4) is 5.75 Å². The second kappa shape index (κ2) is 14.1. The summed E-state index contributed by atoms with van der Waals surface area (Å²) < 4.78 is 10.5. The van der Waals surface area contributed by atoms with Crippen LogP contribution in [-0.2, 0) is 9.53 Å². The molecule has 2 N–H and O–H groups in total. The largest absolute Gasteiger partial charge is 0.497 e. The van der Waals surface area contributed by atoms with Gasteiger partial charge in [0, 0.05) is 19.3 Å². The highest BCUT2D eigenvalue weighted by Crippen LogP contribution is 2.25. The number of methoxy groups -OCH3 is 2. The van der Waals surface area contributed by atoms with E-state index in [4.69, 9.17) is 9.47 Å². The number of ether oxygens (including phenoxy) is 2. The van der Waals surface area contributed by atoms with Gasteiger partial charge in [-0.05, 0) is 37.5 Å². The zero-order chi connectivity index (χ0) is 24.1. The van der Waals surface area contributed by atoms with Gasteiger partial charge in [-0.15, -0.1) is 15.3 Å². The molecule has 33 heavy (non-hydrogen) atoms. The van der Waals surface area contributed by atoms with Crippen molar-refractivity contribution >= 4 is 27.5 Å². The molecule has 10 nitrogen and oxygen atoms in total. The van der Waals surface area contributed by atoms with Crippen LogP contribution in [0.3, 0.4) is 0 Å². The molecule has 2 aromatic heterocycles. The first kappa shape index (κ1) is 26.1. The standard InChI is InChI=1S/C18H26N4O3S.C4H5N3/c1-5-7-13(6-2)19-17-21-22-18(26-17)20-16(23)15(25-4)12-8-10-14(24-3)11-9-12;1-4-5-2-3-6-7-4/h8-11,13,15H,5-7H2,1-4H3,(H,19,21)(H,20,22,23);2-3H,1H3. The fourth-order valence-electron chi connectivity index (χ4n) is 2.89. The Morgan fingerprint density at radius 1 is 1.06 bits per heavy atom. The van der Waals surface area contributed by atoms with Crippen LogP contribution in [0.1, 0.15) is 50.6 Å². The molecule has 0 saturated heterocycles. The van der Waals surface area contributed by atoms with E-state index in [1.54, 1.807) is 50.7 Å². The Bertz CT molecular complexity index is 954. The Hall–Kier alpha value is -3.18. The number of nitrogens with zero attached hydrogens (tertiary/aromatic N) is 5. The van der Waals surface area contributed by atoms with Gasteiger partial charge in [0.15, 0.2) is 6.10 Å². The molecule has 1 aromatic carbocycles. The Balaban J connectivity index is 0.000000468. The summed E-state index contributed by atoms with van der Waals surface area (Å²) in [6.07, 6.45) is 5.62. The molecule has 11 heteroatoms. The van der Waals surface area contributed by atoms with E-state index < -0.39 is 6.10 Å². The van der Waals surface area contributed by atoms with Crippen LogP contribution in [0, 0.1) is 6.92 Å². The van der Waals surface area contributed by atoms with Gasteiger partial charge in [0.25, 0.3) is 5.91 Å². The van der Waals surface area contributed by atoms with Gasteiger partial charge in [-0.3, -0.25) is 10.1 Å². The summed E-state index contributed by atoms with van der Waals surface area (Å²) in [7, 11) is 3.10. The van der Waals surface area contributed by atoms with E-state index in [-0.39, 0.29) is 5.91 Å². The molecule has 0 spiro atoms. The number of hydrogen-bond donors (Lipinski definition) is 2. The van der Waals surface area contributed by atoms with E-state index >= 15 is 0 Å². The van der Waals surface area contributed by atoms with Gasteiger partial charge in [0.2, 0.25) is 10.3 Å². The number of nitrogens with one attached hydrogen (secondary N) is 2. The van der Waals surface area contributed by atoms with Gasteiger partial charge in [0.05, 0.1) is 13.3 Å². The van der Waals surface area contributed by atoms with Gasteiger partial charge in [-0.2, -0.15) is 5.10 Å². The molecule has 0 aliphatic heterocycles. The highest BCUT2D eigenvalue weighted by Gasteiger charge is 2.22. The van der Waals surface area contributed by atoms with E-state index in [0.29, 0.717) is 22.1 Å². The van der Waals surface area contributed by atoms with E-state index in [9.17, 15) is 4.79 Å². The van der Waals surface area contributed by atoms with Crippen molar-refractivity contribution < 1.29 is 14.3 Å². The number of aromatic nitrogens is 5. The average molecular weight is 474 g/mol. The second-order valence-electron chi connectivity index (χ2n) is 7.02. The van der Waals surface area contributed by atoms with Gasteiger partial charge < -0.3 is 14.8 Å². The Morgan fingerprint density at radius 2 is 1.79 bits per heavy atom. The molecule has 3 rings (SSSR count). The quantitative estimate of drug-likeness (QED) is 0.449. The van der Waals surface area contributed by atoms with E-state index in [1.165, 1.54) is 18.4 Å². The van der Waals surface area contributed by atoms with Crippen molar-refractivity contribution in [2.75, 3.05) is 24.9 Å². The van der Waals surface area contributed by atoms with Gasteiger partial charge in [-0.1, -0.05) is 43.7 Å². The summed E-state index contributed by atoms with van der Waals surface area (Å²) in [5, 5.41) is 22.6. The smallest absolute Gasteiger partial charge is 0.259 e. The minimum absolute atomic E-state index is 0.291. The highest BCUT2D eigenvalue weighted by molar-refractivity contribution is 7.19. The summed E-state index contributed by atoms with van der Waals surface area (Å²) >= 11 is 1.32. The number of carbonyl (C=O) groups is 1. The molecule has 0 fully saturated rings. The number of amides is 1. The van der Waals surface area contributed by atoms with Crippen LogP contribution in [-0.4, -0.2) is 51.5 Å². The zero-order valence-electron chi connectivity index (χ0n) is 19.6. The molecule has 3 aromatic rings. The van der Waals surface area contributed by atoms with Crippen LogP contribution in [0.25, 0.3) is 0 Å². The molecule has 1 amide bonds. The maximum absolute atomic E-state index is 12.5. The monoisotopic (exact) mass is 473 g/mol. The molecule has 178 valence electrons. The fraction of sp³-hybridized carbons (Fsp3) is 0.455. The van der Waals surface area contributed by atoms with Crippen molar-refractivity contribution in [3.63, 3.8) is 0 Å². The topological polar surface area (TPSA) is 124 Å². The minimum atomic E-state index is -0.732. The fourth-order valence-corrected chi connectivity index (χ4v) is 3.62. The van der Waals surface area contributed by atoms with Crippen LogP contribution < -0.4 is 15.4 Å². The maximum Gasteiger partial charge on any atom is 0.259 e. The predicted octanol–water partition coefficient (Wildman–Crippen LogP) is 4.04. The lowest BCUT2D eigenvalue weighted by Gasteiger charge is -2.15. The third-order valence-electron chi connectivity index (χ3n) is 4.60. The van der Waals surface area contributed by atoms with Crippen LogP contribution in [0.2, 0.25) is 0 Å². The van der Waals surface area contributed by atoms with E-state index in [2.05, 4.69) is 49.9 Å². The molecule has 0 aliphatic rings. The summed E-state index contributed by atoms with van der Waals surface area (Å²) in [6, 6.07) is 7.55. The molecule has 2 heterocycles. The minimum Gasteiger partial charge on any atom is -0.497 e. The van der Waals surface area contributed by atoms with Gasteiger partial charge in [-0.25, -0.2) is 4.98 Å². The number of hydrogen-bond acceptors (Lipinski definition) is 10. The number of aryl methyl sites for hydroxylation is 1. The molecular weight excluding hydrogens is 442 g/mol. The number of benzene rings is 1. The van der Waals surface area contributed by atoms with E-state index in [1.807, 2.05) is 0 Å². The van der Waals surface area contributed by atoms with Crippen LogP contribution >= 0.6 is 11.3 Å². The molecular formula is C22H31N7O3S. The highest BCUT2D eigenvalue weighted by atomic mass is 32.1. The number of rotatable bonds is 10. The molecule has 0 radical (unpaired) electrons. The van der Waals surface area contributed by atoms with Crippen molar-refractivity contribution in [1.29, 1.82) is 0 Å². The van der Waals surface area contributed by atoms with Gasteiger partial charge >= 0.3 is 0 Å². The second-order valence-corrected chi connectivity index (χ2v) is 8.00. The third-order valence-corrected chi connectivity index (χ3v) is 5.37. The summed E-state index contributed by atoms with van der Waals surface area (Å²) in [5.74, 6) is 1.14. The SMILES string of the molecule is CCCC(CC)Nc1nnc(NC(=O)C(OC)c2ccc(OC)cc2)s1.Cc1nccnn1. The molecule has 0 aliphatic carbocycles. The molecule has 0 bridgehead atoms. The van der Waals surface area contributed by atoms with Crippen LogP contribution in [0.5, 0.6) is 5.75 Å². The van der Waals surface area contributed by atoms with Crippen molar-refractivity contribution in [3.05, 3.63) is 48.0 Å². The maximum atomic E-state index is 12.5. The molecule has 0 saturated carbocycles. The van der Waals surface area contributed by atoms with Crippen molar-refractivity contribution in [2.45, 2.75) is 52.2 Å². The first-order chi connectivity index (χ1) is 16.0. The number of anilines is 2. The summed E-state index contributed by atoms with van der Waals surface area (Å²) in [5.41, 5.74) is 0.739. The molecule has 2 unspecified atom stereocenters. The van der Waals surface area contributed by atoms with Crippen LogP contribution in [0.15, 0.2) is 36.7 Å². The van der Waals surface area contributed by atoms with E-state index in [0.717, 1.165) is 30.6 Å². The van der Waals surface area contributed by atoms with Crippen molar-refractivity contribution in [1.82, 2.24) is 25.4 Å². The van der Waals surface area contributed by atoms with Crippen LogP contribution in [0.4, 0.5) is 10.3 Å². The number of carbonyl (C=O) groups excluding carboxylic acids is 1. The lowest BCUT2D eigenvalue weighted by Crippen LogP contribution is -2.22. The predicted molar refractivity (Wildman–Crippen MR) is 128 cm³/mol. The third kappa shape index (κ3) is 8.70. The lowest BCUT2D eigenvalue weighted by molar-refractivity contribution is -0.126. The summed E-state index contributed by atoms with van der Waals surface area (Å²) in [6.45, 7) is 6.09. The Kier molecular flexibility index (Phi) is 11.1. The lowest BCUT2D eigenvalue weighted by atomic mass is 10.1. The Morgan fingerprint density at radius 3 is 2.30 bits per heavy atom. The normalized spacial score (nSPS) is 12.2. The summed E-state index contributed by atoms with van der Waals surface area (Å²) in [4.78, 5) is 16.3. The van der Waals surface area contributed by atoms with Gasteiger partial charge in [0.1, 0.15) is 11.6 Å². The van der Waals surface area contributed by atoms with Crippen molar-refractivity contribution in [2.24, 2.45) is 0 Å². The first-order valence-electron chi connectivity index (χ1n) is 10.7. The first-order valence-corrected chi connectivity index (χ1v) is 11.5. The Labute approximate surface area is 198 Å². The average Bonchev–Trinajstić information content (AvgIpc) is 3.27. The molecule has 2 atom stereocenters.